The summed E-state index contributed by atoms with van der Waals surface area (Å²) in [6, 6.07) is 7.12. The molecule has 2 amide bonds. The Balaban J connectivity index is 2.19. The summed E-state index contributed by atoms with van der Waals surface area (Å²) >= 11 is 0. The van der Waals surface area contributed by atoms with Crippen LogP contribution in [0.2, 0.25) is 0 Å². The Morgan fingerprint density at radius 3 is 3.06 bits per heavy atom. The lowest BCUT2D eigenvalue weighted by atomic mass is 10.2. The molecule has 1 heterocycles. The topological polar surface area (TPSA) is 67.6 Å². The third-order valence-corrected chi connectivity index (χ3v) is 2.17. The number of anilines is 1. The summed E-state index contributed by atoms with van der Waals surface area (Å²) in [5.41, 5.74) is 6.05. The van der Waals surface area contributed by atoms with E-state index in [2.05, 4.69) is 5.32 Å². The van der Waals surface area contributed by atoms with Gasteiger partial charge in [0.2, 0.25) is 0 Å². The van der Waals surface area contributed by atoms with Crippen LogP contribution in [0.4, 0.5) is 10.5 Å². The van der Waals surface area contributed by atoms with Crippen LogP contribution < -0.4 is 20.7 Å². The van der Waals surface area contributed by atoms with Gasteiger partial charge in [0, 0.05) is 19.3 Å². The van der Waals surface area contributed by atoms with E-state index in [0.717, 1.165) is 5.69 Å². The smallest absolute Gasteiger partial charge is 0.326 e. The van der Waals surface area contributed by atoms with Gasteiger partial charge in [-0.2, -0.15) is 0 Å². The van der Waals surface area contributed by atoms with E-state index >= 15 is 0 Å². The van der Waals surface area contributed by atoms with Gasteiger partial charge in [0.05, 0.1) is 5.69 Å². The standard InChI is InChI=1S/C11H13N3O2/c12-5-6-13-11(15)14-7-8-16-10-4-2-1-3-9(10)14/h1-4,7-8H,5-6,12H2,(H,13,15). The number of urea groups is 1. The van der Waals surface area contributed by atoms with Crippen molar-refractivity contribution in [2.45, 2.75) is 0 Å². The third-order valence-electron chi connectivity index (χ3n) is 2.17. The number of hydrogen-bond acceptors (Lipinski definition) is 3. The van der Waals surface area contributed by atoms with Gasteiger partial charge in [0.25, 0.3) is 0 Å². The maximum Gasteiger partial charge on any atom is 0.326 e. The second-order valence-corrected chi connectivity index (χ2v) is 3.26. The van der Waals surface area contributed by atoms with Crippen molar-refractivity contribution in [3.8, 4) is 5.75 Å². The predicted molar refractivity (Wildman–Crippen MR) is 61.1 cm³/mol. The minimum absolute atomic E-state index is 0.211. The molecule has 0 fully saturated rings. The summed E-state index contributed by atoms with van der Waals surface area (Å²) in [6.45, 7) is 0.869. The van der Waals surface area contributed by atoms with E-state index in [1.807, 2.05) is 24.3 Å². The molecule has 0 saturated carbocycles. The van der Waals surface area contributed by atoms with Crippen LogP contribution in [0.3, 0.4) is 0 Å². The number of nitrogens with one attached hydrogen (secondary N) is 1. The molecule has 5 heteroatoms. The van der Waals surface area contributed by atoms with Crippen molar-refractivity contribution < 1.29 is 9.53 Å². The number of rotatable bonds is 2. The maximum absolute atomic E-state index is 11.8. The molecule has 0 unspecified atom stereocenters. The number of amides is 2. The number of carbonyl (C=O) groups is 1. The number of fused-ring (bicyclic) bond motifs is 1. The fraction of sp³-hybridized carbons (Fsp3) is 0.182. The zero-order chi connectivity index (χ0) is 11.4. The van der Waals surface area contributed by atoms with Crippen LogP contribution in [-0.4, -0.2) is 19.1 Å². The Bertz CT molecular complexity index is 417. The average Bonchev–Trinajstić information content (AvgIpc) is 2.35. The average molecular weight is 219 g/mol. The zero-order valence-electron chi connectivity index (χ0n) is 8.72. The number of carbonyl (C=O) groups excluding carboxylic acids is 1. The van der Waals surface area contributed by atoms with Gasteiger partial charge in [-0.1, -0.05) is 12.1 Å². The van der Waals surface area contributed by atoms with Gasteiger partial charge in [-0.25, -0.2) is 4.79 Å². The lowest BCUT2D eigenvalue weighted by Gasteiger charge is -2.24. The highest BCUT2D eigenvalue weighted by atomic mass is 16.5. The summed E-state index contributed by atoms with van der Waals surface area (Å²) in [4.78, 5) is 13.3. The Labute approximate surface area is 93.5 Å². The van der Waals surface area contributed by atoms with Crippen LogP contribution in [0.15, 0.2) is 36.7 Å². The van der Waals surface area contributed by atoms with Crippen molar-refractivity contribution in [2.24, 2.45) is 5.73 Å². The molecule has 0 spiro atoms. The quantitative estimate of drug-likeness (QED) is 0.780. The van der Waals surface area contributed by atoms with Crippen molar-refractivity contribution in [3.63, 3.8) is 0 Å². The van der Waals surface area contributed by atoms with Crippen molar-refractivity contribution in [3.05, 3.63) is 36.7 Å². The van der Waals surface area contributed by atoms with Crippen molar-refractivity contribution in [1.82, 2.24) is 5.32 Å². The number of benzene rings is 1. The molecular weight excluding hydrogens is 206 g/mol. The second kappa shape index (κ2) is 4.67. The van der Waals surface area contributed by atoms with Crippen molar-refractivity contribution >= 4 is 11.7 Å². The molecule has 0 atom stereocenters. The number of ether oxygens (including phenoxy) is 1. The first kappa shape index (κ1) is 10.5. The van der Waals surface area contributed by atoms with Crippen LogP contribution in [-0.2, 0) is 0 Å². The van der Waals surface area contributed by atoms with Crippen LogP contribution in [0.1, 0.15) is 0 Å². The fourth-order valence-electron chi connectivity index (χ4n) is 1.44. The Morgan fingerprint density at radius 2 is 2.25 bits per heavy atom. The monoisotopic (exact) mass is 219 g/mol. The molecule has 5 nitrogen and oxygen atoms in total. The van der Waals surface area contributed by atoms with Crippen LogP contribution in [0.25, 0.3) is 0 Å². The number of nitrogens with two attached hydrogens (primary N) is 1. The predicted octanol–water partition coefficient (Wildman–Crippen LogP) is 1.02. The molecule has 0 saturated heterocycles. The van der Waals surface area contributed by atoms with Crippen LogP contribution in [0, 0.1) is 0 Å². The molecule has 1 aromatic carbocycles. The molecule has 16 heavy (non-hydrogen) atoms. The molecule has 1 aromatic rings. The summed E-state index contributed by atoms with van der Waals surface area (Å²) < 4.78 is 5.28. The first-order chi connectivity index (χ1) is 7.83. The van der Waals surface area contributed by atoms with Crippen LogP contribution in [0.5, 0.6) is 5.75 Å². The molecule has 0 radical (unpaired) electrons. The van der Waals surface area contributed by atoms with E-state index in [1.54, 1.807) is 6.20 Å². The molecular formula is C11H13N3O2. The fourth-order valence-corrected chi connectivity index (χ4v) is 1.44. The molecule has 84 valence electrons. The van der Waals surface area contributed by atoms with E-state index in [4.69, 9.17) is 10.5 Å². The highest BCUT2D eigenvalue weighted by Crippen LogP contribution is 2.31. The molecule has 0 bridgehead atoms. The van der Waals surface area contributed by atoms with Gasteiger partial charge in [-0.3, -0.25) is 4.90 Å². The van der Waals surface area contributed by atoms with E-state index in [1.165, 1.54) is 11.2 Å². The largest absolute Gasteiger partial charge is 0.461 e. The number of nitrogens with zero attached hydrogens (tertiary/aromatic N) is 1. The highest BCUT2D eigenvalue weighted by Gasteiger charge is 2.19. The highest BCUT2D eigenvalue weighted by molar-refractivity contribution is 5.95. The lowest BCUT2D eigenvalue weighted by Crippen LogP contribution is -2.39. The Kier molecular flexibility index (Phi) is 3.07. The van der Waals surface area contributed by atoms with E-state index in [9.17, 15) is 4.79 Å². The van der Waals surface area contributed by atoms with Crippen LogP contribution >= 0.6 is 0 Å². The molecule has 0 aromatic heterocycles. The molecule has 3 N–H and O–H groups in total. The van der Waals surface area contributed by atoms with E-state index < -0.39 is 0 Å². The third kappa shape index (κ3) is 1.99. The Morgan fingerprint density at radius 1 is 1.44 bits per heavy atom. The minimum Gasteiger partial charge on any atom is -0.461 e. The van der Waals surface area contributed by atoms with Gasteiger partial charge >= 0.3 is 6.03 Å². The molecule has 2 rings (SSSR count). The molecule has 1 aliphatic rings. The zero-order valence-corrected chi connectivity index (χ0v) is 8.72. The first-order valence-corrected chi connectivity index (χ1v) is 5.02. The summed E-state index contributed by atoms with van der Waals surface area (Å²) in [5, 5.41) is 2.70. The number of hydrogen-bond donors (Lipinski definition) is 2. The van der Waals surface area contributed by atoms with Gasteiger partial charge in [0.15, 0.2) is 5.75 Å². The normalized spacial score (nSPS) is 12.9. The van der Waals surface area contributed by atoms with Crippen molar-refractivity contribution in [2.75, 3.05) is 18.0 Å². The van der Waals surface area contributed by atoms with Gasteiger partial charge in [-0.15, -0.1) is 0 Å². The van der Waals surface area contributed by atoms with Gasteiger partial charge in [-0.05, 0) is 12.1 Å². The van der Waals surface area contributed by atoms with E-state index in [-0.39, 0.29) is 6.03 Å². The summed E-state index contributed by atoms with van der Waals surface area (Å²) in [5.74, 6) is 0.660. The summed E-state index contributed by atoms with van der Waals surface area (Å²) in [6.07, 6.45) is 3.05. The Hall–Kier alpha value is -2.01. The van der Waals surface area contributed by atoms with Crippen molar-refractivity contribution in [1.29, 1.82) is 0 Å². The second-order valence-electron chi connectivity index (χ2n) is 3.26. The van der Waals surface area contributed by atoms with Gasteiger partial charge < -0.3 is 15.8 Å². The molecule has 1 aliphatic heterocycles. The maximum atomic E-state index is 11.8. The first-order valence-electron chi connectivity index (χ1n) is 5.02. The van der Waals surface area contributed by atoms with Gasteiger partial charge in [0.1, 0.15) is 6.26 Å². The SMILES string of the molecule is NCCNC(=O)N1C=COc2ccccc21. The minimum atomic E-state index is -0.211. The summed E-state index contributed by atoms with van der Waals surface area (Å²) in [7, 11) is 0. The molecule has 0 aliphatic carbocycles. The lowest BCUT2D eigenvalue weighted by molar-refractivity contribution is 0.248. The number of para-hydroxylation sites is 2. The van der Waals surface area contributed by atoms with E-state index in [0.29, 0.717) is 18.8 Å².